The molecule has 2 heterocycles. The molecule has 1 aliphatic heterocycles. The number of nitrogens with one attached hydrogen (secondary N) is 1. The number of aromatic nitrogens is 1. The first-order valence-corrected chi connectivity index (χ1v) is 8.90. The Bertz CT molecular complexity index is 836. The molecule has 1 fully saturated rings. The van der Waals surface area contributed by atoms with Crippen molar-refractivity contribution >= 4 is 40.7 Å². The lowest BCUT2D eigenvalue weighted by atomic mass is 10.1. The zero-order valence-electron chi connectivity index (χ0n) is 14.2. The van der Waals surface area contributed by atoms with E-state index in [0.717, 1.165) is 13.1 Å². The van der Waals surface area contributed by atoms with Crippen molar-refractivity contribution in [2.45, 2.75) is 0 Å². The van der Waals surface area contributed by atoms with Crippen molar-refractivity contribution in [3.05, 3.63) is 57.8 Å². The molecule has 2 amide bonds. The second-order valence-electron chi connectivity index (χ2n) is 6.08. The Kier molecular flexibility index (Phi) is 5.76. The fourth-order valence-corrected chi connectivity index (χ4v) is 3.01. The molecule has 0 saturated carbocycles. The molecular formula is C18H18Cl2N4O2. The van der Waals surface area contributed by atoms with Crippen LogP contribution >= 0.6 is 23.2 Å². The number of nitrogens with zero attached hydrogens (tertiary/aromatic N) is 3. The number of hydrogen-bond acceptors (Lipinski definition) is 4. The van der Waals surface area contributed by atoms with Gasteiger partial charge >= 0.3 is 0 Å². The summed E-state index contributed by atoms with van der Waals surface area (Å²) in [6, 6.07) is 8.07. The van der Waals surface area contributed by atoms with Crippen LogP contribution in [-0.2, 0) is 0 Å². The van der Waals surface area contributed by atoms with Gasteiger partial charge in [-0.15, -0.1) is 0 Å². The van der Waals surface area contributed by atoms with Crippen molar-refractivity contribution in [2.24, 2.45) is 0 Å². The van der Waals surface area contributed by atoms with E-state index in [-0.39, 0.29) is 16.6 Å². The fraction of sp³-hybridized carbons (Fsp3) is 0.278. The molecule has 26 heavy (non-hydrogen) atoms. The molecule has 2 aromatic rings. The predicted molar refractivity (Wildman–Crippen MR) is 102 cm³/mol. The van der Waals surface area contributed by atoms with Gasteiger partial charge in [-0.25, -0.2) is 0 Å². The molecule has 0 bridgehead atoms. The summed E-state index contributed by atoms with van der Waals surface area (Å²) in [6.45, 7) is 2.99. The minimum absolute atomic E-state index is 0.102. The summed E-state index contributed by atoms with van der Waals surface area (Å²) in [7, 11) is 2.03. The fourth-order valence-electron chi connectivity index (χ4n) is 2.67. The quantitative estimate of drug-likeness (QED) is 0.871. The van der Waals surface area contributed by atoms with Crippen LogP contribution in [0, 0.1) is 0 Å². The second-order valence-corrected chi connectivity index (χ2v) is 6.87. The van der Waals surface area contributed by atoms with Gasteiger partial charge in [0.05, 0.1) is 15.7 Å². The van der Waals surface area contributed by atoms with Crippen molar-refractivity contribution in [3.63, 3.8) is 0 Å². The molecule has 1 aromatic carbocycles. The largest absolute Gasteiger partial charge is 0.336 e. The summed E-state index contributed by atoms with van der Waals surface area (Å²) < 4.78 is 0. The maximum atomic E-state index is 12.6. The average Bonchev–Trinajstić information content (AvgIpc) is 2.65. The number of hydrogen-bond donors (Lipinski definition) is 1. The lowest BCUT2D eigenvalue weighted by molar-refractivity contribution is 0.0664. The van der Waals surface area contributed by atoms with E-state index in [1.54, 1.807) is 29.2 Å². The molecule has 0 unspecified atom stereocenters. The number of benzene rings is 1. The minimum atomic E-state index is -0.456. The van der Waals surface area contributed by atoms with Crippen molar-refractivity contribution < 1.29 is 9.59 Å². The molecule has 1 saturated heterocycles. The smallest absolute Gasteiger partial charge is 0.274 e. The Balaban J connectivity index is 1.75. The van der Waals surface area contributed by atoms with Crippen LogP contribution in [0.15, 0.2) is 36.5 Å². The summed E-state index contributed by atoms with van der Waals surface area (Å²) >= 11 is 12.0. The number of carbonyl (C=O) groups is 2. The van der Waals surface area contributed by atoms with E-state index in [4.69, 9.17) is 23.2 Å². The highest BCUT2D eigenvalue weighted by atomic mass is 35.5. The molecule has 1 N–H and O–H groups in total. The molecule has 0 spiro atoms. The maximum absolute atomic E-state index is 12.6. The summed E-state index contributed by atoms with van der Waals surface area (Å²) in [5, 5.41) is 3.27. The van der Waals surface area contributed by atoms with Crippen LogP contribution < -0.4 is 5.32 Å². The minimum Gasteiger partial charge on any atom is -0.336 e. The summed E-state index contributed by atoms with van der Waals surface area (Å²) in [5.74, 6) is -0.558. The van der Waals surface area contributed by atoms with Crippen LogP contribution in [0.5, 0.6) is 0 Å². The van der Waals surface area contributed by atoms with Gasteiger partial charge in [0, 0.05) is 37.9 Å². The molecule has 136 valence electrons. The van der Waals surface area contributed by atoms with E-state index < -0.39 is 5.91 Å². The van der Waals surface area contributed by atoms with Crippen LogP contribution in [0.25, 0.3) is 0 Å². The zero-order chi connectivity index (χ0) is 18.7. The Morgan fingerprint density at radius 1 is 1.12 bits per heavy atom. The number of anilines is 1. The van der Waals surface area contributed by atoms with Crippen LogP contribution in [0.3, 0.4) is 0 Å². The third-order valence-electron chi connectivity index (χ3n) is 4.23. The van der Waals surface area contributed by atoms with Gasteiger partial charge in [-0.2, -0.15) is 0 Å². The van der Waals surface area contributed by atoms with E-state index in [9.17, 15) is 9.59 Å². The molecule has 1 aromatic heterocycles. The molecule has 0 radical (unpaired) electrons. The number of piperazine rings is 1. The van der Waals surface area contributed by atoms with Gasteiger partial charge in [0.15, 0.2) is 0 Å². The summed E-state index contributed by atoms with van der Waals surface area (Å²) in [5.41, 5.74) is 0.967. The second kappa shape index (κ2) is 8.03. The average molecular weight is 393 g/mol. The van der Waals surface area contributed by atoms with Gasteiger partial charge in [-0.1, -0.05) is 29.3 Å². The van der Waals surface area contributed by atoms with Gasteiger partial charge in [-0.05, 0) is 31.3 Å². The zero-order valence-corrected chi connectivity index (χ0v) is 15.7. The van der Waals surface area contributed by atoms with E-state index in [2.05, 4.69) is 15.2 Å². The molecule has 0 aliphatic carbocycles. The number of likely N-dealkylation sites (N-methyl/N-ethyl adjacent to an activating group) is 1. The normalized spacial score (nSPS) is 15.0. The van der Waals surface area contributed by atoms with Gasteiger partial charge in [0.2, 0.25) is 0 Å². The highest BCUT2D eigenvalue weighted by Gasteiger charge is 2.21. The first-order chi connectivity index (χ1) is 12.5. The highest BCUT2D eigenvalue weighted by Crippen LogP contribution is 2.29. The first-order valence-electron chi connectivity index (χ1n) is 8.15. The Morgan fingerprint density at radius 2 is 1.85 bits per heavy atom. The topological polar surface area (TPSA) is 65.5 Å². The number of amides is 2. The van der Waals surface area contributed by atoms with Crippen molar-refractivity contribution in [2.75, 3.05) is 38.5 Å². The van der Waals surface area contributed by atoms with Crippen LogP contribution in [0.2, 0.25) is 10.0 Å². The Labute approximate surface area is 161 Å². The number of carbonyl (C=O) groups excluding carboxylic acids is 2. The van der Waals surface area contributed by atoms with E-state index in [0.29, 0.717) is 29.4 Å². The van der Waals surface area contributed by atoms with Crippen molar-refractivity contribution in [3.8, 4) is 0 Å². The maximum Gasteiger partial charge on any atom is 0.274 e. The third-order valence-corrected chi connectivity index (χ3v) is 5.05. The Hall–Kier alpha value is -2.15. The molecule has 8 heteroatoms. The van der Waals surface area contributed by atoms with E-state index in [1.807, 2.05) is 7.05 Å². The SMILES string of the molecule is CN1CCN(C(=O)c2ccnc(C(=O)Nc3cccc(Cl)c3Cl)c2)CC1. The summed E-state index contributed by atoms with van der Waals surface area (Å²) in [4.78, 5) is 33.1. The monoisotopic (exact) mass is 392 g/mol. The standard InChI is InChI=1S/C18H18Cl2N4O2/c1-23-7-9-24(10-8-23)18(26)12-5-6-21-15(11-12)17(25)22-14-4-2-3-13(19)16(14)20/h2-6,11H,7-10H2,1H3,(H,22,25). The van der Waals surface area contributed by atoms with E-state index in [1.165, 1.54) is 12.3 Å². The number of rotatable bonds is 3. The molecule has 6 nitrogen and oxygen atoms in total. The van der Waals surface area contributed by atoms with Crippen LogP contribution in [0.1, 0.15) is 20.8 Å². The number of halogens is 2. The Morgan fingerprint density at radius 3 is 2.58 bits per heavy atom. The highest BCUT2D eigenvalue weighted by molar-refractivity contribution is 6.44. The molecule has 1 aliphatic rings. The van der Waals surface area contributed by atoms with E-state index >= 15 is 0 Å². The lowest BCUT2D eigenvalue weighted by Crippen LogP contribution is -2.47. The third kappa shape index (κ3) is 4.15. The van der Waals surface area contributed by atoms with Crippen LogP contribution in [-0.4, -0.2) is 59.8 Å². The predicted octanol–water partition coefficient (Wildman–Crippen LogP) is 3.03. The van der Waals surface area contributed by atoms with Crippen LogP contribution in [0.4, 0.5) is 5.69 Å². The van der Waals surface area contributed by atoms with Gasteiger partial charge < -0.3 is 15.1 Å². The summed E-state index contributed by atoms with van der Waals surface area (Å²) in [6.07, 6.45) is 1.46. The van der Waals surface area contributed by atoms with Crippen molar-refractivity contribution in [1.29, 1.82) is 0 Å². The van der Waals surface area contributed by atoms with Gasteiger partial charge in [-0.3, -0.25) is 14.6 Å². The molecular weight excluding hydrogens is 375 g/mol. The molecule has 0 atom stereocenters. The first kappa shape index (κ1) is 18.6. The number of pyridine rings is 1. The van der Waals surface area contributed by atoms with Crippen molar-refractivity contribution in [1.82, 2.24) is 14.8 Å². The molecule has 3 rings (SSSR count). The van der Waals surface area contributed by atoms with Gasteiger partial charge in [0.25, 0.3) is 11.8 Å². The van der Waals surface area contributed by atoms with Gasteiger partial charge in [0.1, 0.15) is 5.69 Å². The lowest BCUT2D eigenvalue weighted by Gasteiger charge is -2.32.